The minimum atomic E-state index is -1.55. The second-order valence-electron chi connectivity index (χ2n) is 15.2. The highest BCUT2D eigenvalue weighted by atomic mass is 16.7. The number of carbonyl (C=O) groups excluding carboxylic acids is 2. The van der Waals surface area contributed by atoms with E-state index in [9.17, 15) is 19.8 Å². The van der Waals surface area contributed by atoms with Crippen molar-refractivity contribution in [3.8, 4) is 0 Å². The van der Waals surface area contributed by atoms with Crippen LogP contribution in [-0.4, -0.2) is 82.7 Å². The highest BCUT2D eigenvalue weighted by Gasteiger charge is 2.62. The minimum absolute atomic E-state index is 0.0851. The number of ether oxygens (including phenoxy) is 5. The number of carbonyl (C=O) groups is 2. The topological polar surface area (TPSA) is 121 Å². The first-order chi connectivity index (χ1) is 20.2. The summed E-state index contributed by atoms with van der Waals surface area (Å²) in [5.74, 6) is -2.82. The first-order valence-corrected chi connectivity index (χ1v) is 16.9. The molecule has 246 valence electrons. The lowest BCUT2D eigenvalue weighted by Gasteiger charge is -2.46. The molecule has 5 saturated heterocycles. The predicted octanol–water partition coefficient (Wildman–Crippen LogP) is 4.58. The molecule has 2 N–H and O–H groups in total. The third-order valence-corrected chi connectivity index (χ3v) is 12.0. The molecule has 1 spiro atoms. The van der Waals surface area contributed by atoms with E-state index in [0.29, 0.717) is 19.4 Å². The first-order valence-electron chi connectivity index (χ1n) is 16.9. The predicted molar refractivity (Wildman–Crippen MR) is 159 cm³/mol. The van der Waals surface area contributed by atoms with Gasteiger partial charge in [-0.1, -0.05) is 55.4 Å². The zero-order valence-corrected chi connectivity index (χ0v) is 27.6. The maximum absolute atomic E-state index is 13.2. The molecular formula is C34H56O9. The fourth-order valence-corrected chi connectivity index (χ4v) is 9.09. The first kappa shape index (κ1) is 33.4. The molecule has 5 aliphatic heterocycles. The van der Waals surface area contributed by atoms with Crippen molar-refractivity contribution in [3.63, 3.8) is 0 Å². The van der Waals surface area contributed by atoms with Crippen LogP contribution in [-0.2, 0) is 33.3 Å². The normalized spacial score (nSPS) is 51.3. The summed E-state index contributed by atoms with van der Waals surface area (Å²) in [6.45, 7) is 16.2. The molecule has 43 heavy (non-hydrogen) atoms. The van der Waals surface area contributed by atoms with Gasteiger partial charge in [-0.25, -0.2) is 0 Å². The molecule has 9 nitrogen and oxygen atoms in total. The average molecular weight is 609 g/mol. The van der Waals surface area contributed by atoms with E-state index < -0.39 is 29.9 Å². The number of aliphatic hydroxyl groups is 2. The van der Waals surface area contributed by atoms with E-state index in [-0.39, 0.29) is 77.4 Å². The molecule has 0 saturated carbocycles. The van der Waals surface area contributed by atoms with Crippen LogP contribution in [0.3, 0.4) is 0 Å². The molecule has 0 aromatic heterocycles. The lowest BCUT2D eigenvalue weighted by atomic mass is 9.76. The Morgan fingerprint density at radius 1 is 1.07 bits per heavy atom. The fourth-order valence-electron chi connectivity index (χ4n) is 9.09. The molecule has 5 aliphatic rings. The molecule has 5 heterocycles. The van der Waals surface area contributed by atoms with Gasteiger partial charge in [-0.05, 0) is 43.9 Å². The van der Waals surface area contributed by atoms with Crippen molar-refractivity contribution in [1.82, 2.24) is 0 Å². The molecular weight excluding hydrogens is 552 g/mol. The number of hydrogen-bond donors (Lipinski definition) is 2. The Kier molecular flexibility index (Phi) is 9.34. The Balaban J connectivity index is 1.29. The van der Waals surface area contributed by atoms with Crippen LogP contribution in [0.25, 0.3) is 0 Å². The van der Waals surface area contributed by atoms with Crippen molar-refractivity contribution >= 4 is 11.6 Å². The van der Waals surface area contributed by atoms with Crippen molar-refractivity contribution in [2.75, 3.05) is 13.2 Å². The summed E-state index contributed by atoms with van der Waals surface area (Å²) in [5, 5.41) is 20.8. The Morgan fingerprint density at radius 3 is 2.44 bits per heavy atom. The zero-order valence-electron chi connectivity index (χ0n) is 27.6. The summed E-state index contributed by atoms with van der Waals surface area (Å²) in [6.07, 6.45) is 4.05. The van der Waals surface area contributed by atoms with E-state index in [1.807, 2.05) is 27.7 Å². The third-order valence-electron chi connectivity index (χ3n) is 12.0. The van der Waals surface area contributed by atoms with Gasteiger partial charge in [0.15, 0.2) is 11.6 Å². The maximum atomic E-state index is 13.2. The third kappa shape index (κ3) is 5.79. The van der Waals surface area contributed by atoms with E-state index in [0.717, 1.165) is 32.1 Å². The summed E-state index contributed by atoms with van der Waals surface area (Å²) in [7, 11) is 0. The van der Waals surface area contributed by atoms with Crippen LogP contribution in [0.4, 0.5) is 0 Å². The monoisotopic (exact) mass is 608 g/mol. The molecule has 0 aromatic carbocycles. The Labute approximate surface area is 257 Å². The zero-order chi connectivity index (χ0) is 31.5. The average Bonchev–Trinajstić information content (AvgIpc) is 3.68. The highest BCUT2D eigenvalue weighted by Crippen LogP contribution is 2.55. The number of Topliss-reactive ketones (excluding diaryl/α,β-unsaturated/α-hetero) is 2. The van der Waals surface area contributed by atoms with Crippen LogP contribution in [0.1, 0.15) is 107 Å². The second kappa shape index (κ2) is 12.0. The molecule has 0 radical (unpaired) electrons. The van der Waals surface area contributed by atoms with Gasteiger partial charge in [0, 0.05) is 36.0 Å². The van der Waals surface area contributed by atoms with Crippen LogP contribution in [0.5, 0.6) is 0 Å². The lowest BCUT2D eigenvalue weighted by molar-refractivity contribution is -0.321. The van der Waals surface area contributed by atoms with E-state index in [1.54, 1.807) is 0 Å². The lowest BCUT2D eigenvalue weighted by Crippen LogP contribution is -2.55. The van der Waals surface area contributed by atoms with Gasteiger partial charge in [-0.15, -0.1) is 0 Å². The van der Waals surface area contributed by atoms with Crippen molar-refractivity contribution in [1.29, 1.82) is 0 Å². The quantitative estimate of drug-likeness (QED) is 0.408. The van der Waals surface area contributed by atoms with Crippen LogP contribution < -0.4 is 0 Å². The Morgan fingerprint density at radius 2 is 1.79 bits per heavy atom. The number of hydrogen-bond acceptors (Lipinski definition) is 9. The number of aliphatic hydroxyl groups excluding tert-OH is 1. The summed E-state index contributed by atoms with van der Waals surface area (Å²) < 4.78 is 33.0. The number of rotatable bonds is 8. The Bertz CT molecular complexity index is 1050. The van der Waals surface area contributed by atoms with Crippen molar-refractivity contribution in [3.05, 3.63) is 0 Å². The summed E-state index contributed by atoms with van der Waals surface area (Å²) in [4.78, 5) is 25.7. The van der Waals surface area contributed by atoms with Gasteiger partial charge in [0.1, 0.15) is 11.6 Å². The van der Waals surface area contributed by atoms with Crippen molar-refractivity contribution < 1.29 is 43.5 Å². The van der Waals surface area contributed by atoms with E-state index in [1.165, 1.54) is 0 Å². The molecule has 0 aliphatic carbocycles. The van der Waals surface area contributed by atoms with Gasteiger partial charge in [0.05, 0.1) is 55.8 Å². The molecule has 5 rings (SSSR count). The van der Waals surface area contributed by atoms with E-state index >= 15 is 0 Å². The smallest absolute Gasteiger partial charge is 0.192 e. The molecule has 14 unspecified atom stereocenters. The fraction of sp³-hybridized carbons (Fsp3) is 0.941. The van der Waals surface area contributed by atoms with Crippen molar-refractivity contribution in [2.45, 2.75) is 154 Å². The molecule has 0 amide bonds. The van der Waals surface area contributed by atoms with Crippen LogP contribution in [0, 0.1) is 35.0 Å². The van der Waals surface area contributed by atoms with Gasteiger partial charge in [-0.3, -0.25) is 9.59 Å². The van der Waals surface area contributed by atoms with Crippen LogP contribution in [0.15, 0.2) is 0 Å². The molecule has 0 bridgehead atoms. The van der Waals surface area contributed by atoms with Crippen molar-refractivity contribution in [2.24, 2.45) is 35.0 Å². The van der Waals surface area contributed by atoms with Crippen LogP contribution in [0.2, 0.25) is 0 Å². The Hall–Kier alpha value is -0.940. The molecule has 9 heteroatoms. The van der Waals surface area contributed by atoms with Gasteiger partial charge < -0.3 is 33.9 Å². The van der Waals surface area contributed by atoms with Gasteiger partial charge in [-0.2, -0.15) is 0 Å². The molecule has 14 atom stereocenters. The van der Waals surface area contributed by atoms with Gasteiger partial charge >= 0.3 is 0 Å². The largest absolute Gasteiger partial charge is 0.391 e. The van der Waals surface area contributed by atoms with Crippen LogP contribution >= 0.6 is 0 Å². The standard InChI is InChI=1S/C34H56O9/c1-9-24(36)22(6)29-23(7)25(37)15-33(42-29)16-31(8,18-39-33)27-11-12-32(10-2,41-27)30-20(4)14-26(40-30)28-19(3)13-21(5)34(38,17-35)43-28/h19-23,26-30,35,38H,9-18H2,1-8H3. The highest BCUT2D eigenvalue weighted by molar-refractivity contribution is 5.86. The second-order valence-corrected chi connectivity index (χ2v) is 15.2. The summed E-state index contributed by atoms with van der Waals surface area (Å²) in [5.41, 5.74) is -0.811. The van der Waals surface area contributed by atoms with Gasteiger partial charge in [0.2, 0.25) is 0 Å². The van der Waals surface area contributed by atoms with E-state index in [4.69, 9.17) is 23.7 Å². The molecule has 0 aromatic rings. The van der Waals surface area contributed by atoms with Gasteiger partial charge in [0.25, 0.3) is 0 Å². The summed E-state index contributed by atoms with van der Waals surface area (Å²) in [6, 6.07) is 0. The summed E-state index contributed by atoms with van der Waals surface area (Å²) >= 11 is 0. The SMILES string of the molecule is CCC(=O)C(C)C1OC2(CC(=O)C1C)CC(C)(C1CCC(CC)(C3OC(C4OC(O)(CO)C(C)CC4C)CC3C)O1)CO2. The minimum Gasteiger partial charge on any atom is -0.391 e. The number of ketones is 2. The maximum Gasteiger partial charge on any atom is 0.192 e. The molecule has 5 fully saturated rings. The van der Waals surface area contributed by atoms with E-state index in [2.05, 4.69) is 27.7 Å².